The monoisotopic (exact) mass is 345 g/mol. The Morgan fingerprint density at radius 2 is 2.00 bits per heavy atom. The maximum Gasteiger partial charge on any atom is 0.244 e. The number of nitrogens with zero attached hydrogens (tertiary/aromatic N) is 3. The minimum Gasteiger partial charge on any atom is -0.379 e. The molecule has 102 valence electrons. The summed E-state index contributed by atoms with van der Waals surface area (Å²) in [5.74, 6) is 0. The zero-order valence-corrected chi connectivity index (χ0v) is 12.4. The van der Waals surface area contributed by atoms with E-state index >= 15 is 0 Å². The summed E-state index contributed by atoms with van der Waals surface area (Å²) in [7, 11) is -3.46. The number of pyridine rings is 1. The van der Waals surface area contributed by atoms with Gasteiger partial charge in [-0.3, -0.25) is 4.40 Å². The zero-order chi connectivity index (χ0) is 13.5. The summed E-state index contributed by atoms with van der Waals surface area (Å²) in [6.45, 7) is 1.67. The highest BCUT2D eigenvalue weighted by atomic mass is 79.9. The van der Waals surface area contributed by atoms with Crippen LogP contribution in [0.5, 0.6) is 0 Å². The van der Waals surface area contributed by atoms with Gasteiger partial charge in [0.25, 0.3) is 0 Å². The molecule has 1 aliphatic rings. The Balaban J connectivity index is 2.04. The highest BCUT2D eigenvalue weighted by Crippen LogP contribution is 2.20. The highest BCUT2D eigenvalue weighted by Gasteiger charge is 2.26. The van der Waals surface area contributed by atoms with Crippen molar-refractivity contribution < 1.29 is 13.2 Å². The van der Waals surface area contributed by atoms with Crippen molar-refractivity contribution in [3.63, 3.8) is 0 Å². The average molecular weight is 346 g/mol. The number of aromatic nitrogens is 2. The second-order valence-electron chi connectivity index (χ2n) is 4.19. The van der Waals surface area contributed by atoms with Gasteiger partial charge in [0.15, 0.2) is 0 Å². The van der Waals surface area contributed by atoms with Gasteiger partial charge in [-0.1, -0.05) is 0 Å². The van der Waals surface area contributed by atoms with E-state index in [2.05, 4.69) is 20.9 Å². The Morgan fingerprint density at radius 3 is 2.74 bits per heavy atom. The van der Waals surface area contributed by atoms with Gasteiger partial charge in [-0.05, 0) is 28.1 Å². The van der Waals surface area contributed by atoms with Crippen LogP contribution < -0.4 is 0 Å². The van der Waals surface area contributed by atoms with Crippen LogP contribution in [0.4, 0.5) is 0 Å². The molecule has 0 unspecified atom stereocenters. The van der Waals surface area contributed by atoms with E-state index in [9.17, 15) is 8.42 Å². The molecule has 0 amide bonds. The first kappa shape index (κ1) is 13.0. The third kappa shape index (κ3) is 2.29. The van der Waals surface area contributed by atoms with Crippen LogP contribution in [0.25, 0.3) is 5.65 Å². The first-order valence-corrected chi connectivity index (χ1v) is 8.03. The van der Waals surface area contributed by atoms with Crippen LogP contribution in [0.3, 0.4) is 0 Å². The smallest absolute Gasteiger partial charge is 0.244 e. The fourth-order valence-electron chi connectivity index (χ4n) is 2.02. The van der Waals surface area contributed by atoms with Gasteiger partial charge in [0.05, 0.1) is 24.3 Å². The molecule has 3 rings (SSSR count). The molecule has 0 atom stereocenters. The molecule has 0 radical (unpaired) electrons. The van der Waals surface area contributed by atoms with Crippen molar-refractivity contribution >= 4 is 31.6 Å². The number of rotatable bonds is 2. The van der Waals surface area contributed by atoms with E-state index in [1.165, 1.54) is 4.31 Å². The molecule has 2 aromatic rings. The van der Waals surface area contributed by atoms with Crippen molar-refractivity contribution in [1.29, 1.82) is 0 Å². The van der Waals surface area contributed by atoms with Crippen molar-refractivity contribution in [2.24, 2.45) is 0 Å². The summed E-state index contributed by atoms with van der Waals surface area (Å²) >= 11 is 3.34. The Hall–Kier alpha value is -0.960. The van der Waals surface area contributed by atoms with Crippen molar-refractivity contribution in [3.8, 4) is 0 Å². The molecular formula is C11H12BrN3O3S. The van der Waals surface area contributed by atoms with E-state index in [4.69, 9.17) is 4.74 Å². The van der Waals surface area contributed by atoms with Crippen LogP contribution in [0.15, 0.2) is 34.0 Å². The average Bonchev–Trinajstić information content (AvgIpc) is 2.81. The minimum atomic E-state index is -3.46. The van der Waals surface area contributed by atoms with E-state index in [-0.39, 0.29) is 4.90 Å². The quantitative estimate of drug-likeness (QED) is 0.818. The fraction of sp³-hybridized carbons (Fsp3) is 0.364. The van der Waals surface area contributed by atoms with Gasteiger partial charge in [-0.15, -0.1) is 0 Å². The molecule has 0 aromatic carbocycles. The van der Waals surface area contributed by atoms with E-state index in [0.29, 0.717) is 32.0 Å². The molecule has 6 nitrogen and oxygen atoms in total. The molecule has 1 aliphatic heterocycles. The Bertz CT molecular complexity index is 707. The SMILES string of the molecule is O=S(=O)(c1ccc2ncc(Br)n2c1)N1CCOCC1. The van der Waals surface area contributed by atoms with Gasteiger partial charge in [0.2, 0.25) is 10.0 Å². The normalized spacial score (nSPS) is 17.9. The number of hydrogen-bond donors (Lipinski definition) is 0. The third-order valence-corrected chi connectivity index (χ3v) is 5.51. The van der Waals surface area contributed by atoms with E-state index in [1.807, 2.05) is 0 Å². The summed E-state index contributed by atoms with van der Waals surface area (Å²) < 4.78 is 34.0. The van der Waals surface area contributed by atoms with Crippen molar-refractivity contribution in [1.82, 2.24) is 13.7 Å². The van der Waals surface area contributed by atoms with Crippen molar-refractivity contribution in [2.45, 2.75) is 4.90 Å². The largest absolute Gasteiger partial charge is 0.379 e. The second kappa shape index (κ2) is 4.86. The molecule has 19 heavy (non-hydrogen) atoms. The molecule has 1 saturated heterocycles. The molecule has 2 aromatic heterocycles. The molecule has 0 bridgehead atoms. The molecule has 0 saturated carbocycles. The molecule has 3 heterocycles. The summed E-state index contributed by atoms with van der Waals surface area (Å²) in [6, 6.07) is 3.28. The lowest BCUT2D eigenvalue weighted by Crippen LogP contribution is -2.40. The van der Waals surface area contributed by atoms with Crippen LogP contribution in [0, 0.1) is 0 Å². The predicted molar refractivity (Wildman–Crippen MR) is 72.5 cm³/mol. The standard InChI is InChI=1S/C11H12BrN3O3S/c12-10-7-13-11-2-1-9(8-15(10)11)19(16,17)14-3-5-18-6-4-14/h1-2,7-8H,3-6H2. The predicted octanol–water partition coefficient (Wildman–Crippen LogP) is 1.12. The number of imidazole rings is 1. The van der Waals surface area contributed by atoms with E-state index < -0.39 is 10.0 Å². The first-order chi connectivity index (χ1) is 9.09. The summed E-state index contributed by atoms with van der Waals surface area (Å²) in [4.78, 5) is 4.41. The van der Waals surface area contributed by atoms with Gasteiger partial charge in [-0.2, -0.15) is 4.31 Å². The maximum atomic E-state index is 12.5. The van der Waals surface area contributed by atoms with Crippen LogP contribution in [0.1, 0.15) is 0 Å². The summed E-state index contributed by atoms with van der Waals surface area (Å²) in [6.07, 6.45) is 3.22. The molecule has 1 fully saturated rings. The minimum absolute atomic E-state index is 0.264. The first-order valence-electron chi connectivity index (χ1n) is 5.79. The lowest BCUT2D eigenvalue weighted by atomic mass is 10.5. The summed E-state index contributed by atoms with van der Waals surface area (Å²) in [5, 5.41) is 0. The van der Waals surface area contributed by atoms with Crippen LogP contribution in [-0.2, 0) is 14.8 Å². The second-order valence-corrected chi connectivity index (χ2v) is 6.94. The number of sulfonamides is 1. The number of halogens is 1. The van der Waals surface area contributed by atoms with Gasteiger partial charge in [0, 0.05) is 19.3 Å². The lowest BCUT2D eigenvalue weighted by Gasteiger charge is -2.26. The van der Waals surface area contributed by atoms with Crippen LogP contribution in [-0.4, -0.2) is 48.4 Å². The number of morpholine rings is 1. The van der Waals surface area contributed by atoms with Gasteiger partial charge in [0.1, 0.15) is 10.3 Å². The highest BCUT2D eigenvalue weighted by molar-refractivity contribution is 9.10. The Labute approximate surface area is 119 Å². The third-order valence-electron chi connectivity index (χ3n) is 3.04. The van der Waals surface area contributed by atoms with Crippen LogP contribution >= 0.6 is 15.9 Å². The zero-order valence-electron chi connectivity index (χ0n) is 9.99. The molecule has 8 heteroatoms. The number of hydrogen-bond acceptors (Lipinski definition) is 4. The van der Waals surface area contributed by atoms with Crippen molar-refractivity contribution in [3.05, 3.63) is 29.1 Å². The Kier molecular flexibility index (Phi) is 3.34. The molecule has 0 aliphatic carbocycles. The van der Waals surface area contributed by atoms with Crippen LogP contribution in [0.2, 0.25) is 0 Å². The molecule has 0 N–H and O–H groups in total. The topological polar surface area (TPSA) is 63.9 Å². The van der Waals surface area contributed by atoms with Crippen molar-refractivity contribution in [2.75, 3.05) is 26.3 Å². The lowest BCUT2D eigenvalue weighted by molar-refractivity contribution is 0.0730. The number of fused-ring (bicyclic) bond motifs is 1. The van der Waals surface area contributed by atoms with E-state index in [1.54, 1.807) is 28.9 Å². The summed E-state index contributed by atoms with van der Waals surface area (Å²) in [5.41, 5.74) is 0.702. The van der Waals surface area contributed by atoms with Gasteiger partial charge >= 0.3 is 0 Å². The fourth-order valence-corrected chi connectivity index (χ4v) is 3.81. The van der Waals surface area contributed by atoms with E-state index in [0.717, 1.165) is 4.60 Å². The maximum absolute atomic E-state index is 12.5. The molecule has 0 spiro atoms. The molecular weight excluding hydrogens is 334 g/mol. The number of ether oxygens (including phenoxy) is 1. The van der Waals surface area contributed by atoms with Gasteiger partial charge < -0.3 is 4.74 Å². The Morgan fingerprint density at radius 1 is 1.26 bits per heavy atom. The van der Waals surface area contributed by atoms with Gasteiger partial charge in [-0.25, -0.2) is 13.4 Å².